The quantitative estimate of drug-likeness (QED) is 0.559. The summed E-state index contributed by atoms with van der Waals surface area (Å²) in [7, 11) is 4.38. The molecular formula is C23H28F2N6O2. The van der Waals surface area contributed by atoms with Crippen LogP contribution in [0.4, 0.5) is 8.78 Å². The predicted molar refractivity (Wildman–Crippen MR) is 121 cm³/mol. The van der Waals surface area contributed by atoms with Gasteiger partial charge in [-0.05, 0) is 11.6 Å². The van der Waals surface area contributed by atoms with E-state index in [1.807, 2.05) is 6.07 Å². The third-order valence-corrected chi connectivity index (χ3v) is 5.54. The van der Waals surface area contributed by atoms with Crippen molar-refractivity contribution in [1.82, 2.24) is 24.4 Å². The maximum atomic E-state index is 13.8. The second-order valence-corrected chi connectivity index (χ2v) is 8.21. The summed E-state index contributed by atoms with van der Waals surface area (Å²) in [6, 6.07) is 9.26. The van der Waals surface area contributed by atoms with Gasteiger partial charge in [0.15, 0.2) is 5.65 Å². The van der Waals surface area contributed by atoms with Gasteiger partial charge in [0.25, 0.3) is 5.92 Å². The molecule has 0 aliphatic carbocycles. The molecule has 0 bridgehead atoms. The Labute approximate surface area is 191 Å². The monoisotopic (exact) mass is 458 g/mol. The molecule has 2 N–H and O–H groups in total. The number of amides is 2. The van der Waals surface area contributed by atoms with Crippen LogP contribution in [0.1, 0.15) is 24.8 Å². The van der Waals surface area contributed by atoms with Gasteiger partial charge in [-0.3, -0.25) is 9.59 Å². The number of carbonyl (C=O) groups excluding carboxylic acids is 2. The average Bonchev–Trinajstić information content (AvgIpc) is 3.26. The molecule has 2 unspecified atom stereocenters. The summed E-state index contributed by atoms with van der Waals surface area (Å²) >= 11 is 0. The normalized spacial score (nSPS) is 13.5. The standard InChI is InChI=1S/C23H28F2N6O2/c1-5-23(24,25)14-30(4)22(33)20(26)19(21(32)29(2)3)16-8-6-15(7-9-16)17-11-13-31-18(28-17)10-12-27-31/h6-13,19-20H,5,14,26H2,1-4H3. The largest absolute Gasteiger partial charge is 0.348 e. The van der Waals surface area contributed by atoms with Crippen molar-refractivity contribution in [1.29, 1.82) is 0 Å². The highest BCUT2D eigenvalue weighted by molar-refractivity contribution is 5.93. The summed E-state index contributed by atoms with van der Waals surface area (Å²) in [6.45, 7) is 0.582. The molecule has 0 fully saturated rings. The molecule has 3 rings (SSSR count). The number of benzene rings is 1. The first-order valence-corrected chi connectivity index (χ1v) is 10.5. The van der Waals surface area contributed by atoms with Gasteiger partial charge in [0.2, 0.25) is 11.8 Å². The molecule has 0 spiro atoms. The molecule has 0 aliphatic heterocycles. The van der Waals surface area contributed by atoms with Crippen LogP contribution in [0.5, 0.6) is 0 Å². The number of likely N-dealkylation sites (N-methyl/N-ethyl adjacent to an activating group) is 2. The lowest BCUT2D eigenvalue weighted by Gasteiger charge is -2.30. The van der Waals surface area contributed by atoms with E-state index in [1.54, 1.807) is 61.3 Å². The van der Waals surface area contributed by atoms with E-state index in [4.69, 9.17) is 5.73 Å². The van der Waals surface area contributed by atoms with Crippen molar-refractivity contribution in [2.24, 2.45) is 5.73 Å². The van der Waals surface area contributed by atoms with Crippen molar-refractivity contribution >= 4 is 17.5 Å². The smallest absolute Gasteiger partial charge is 0.265 e. The number of nitrogens with two attached hydrogens (primary N) is 1. The highest BCUT2D eigenvalue weighted by Gasteiger charge is 2.37. The van der Waals surface area contributed by atoms with Gasteiger partial charge in [-0.25, -0.2) is 18.3 Å². The Kier molecular flexibility index (Phi) is 7.06. The van der Waals surface area contributed by atoms with Gasteiger partial charge in [-0.2, -0.15) is 5.10 Å². The Bertz CT molecular complexity index is 1130. The fraction of sp³-hybridized carbons (Fsp3) is 0.391. The van der Waals surface area contributed by atoms with Gasteiger partial charge in [-0.15, -0.1) is 0 Å². The molecule has 1 aromatic carbocycles. The van der Waals surface area contributed by atoms with E-state index in [-0.39, 0.29) is 0 Å². The molecule has 2 aromatic heterocycles. The predicted octanol–water partition coefficient (Wildman–Crippen LogP) is 2.40. The molecule has 176 valence electrons. The van der Waals surface area contributed by atoms with Crippen molar-refractivity contribution in [3.8, 4) is 11.3 Å². The van der Waals surface area contributed by atoms with Gasteiger partial charge in [0.05, 0.1) is 24.4 Å². The van der Waals surface area contributed by atoms with E-state index in [1.165, 1.54) is 18.9 Å². The van der Waals surface area contributed by atoms with E-state index >= 15 is 0 Å². The number of nitrogens with zero attached hydrogens (tertiary/aromatic N) is 5. The molecule has 2 atom stereocenters. The summed E-state index contributed by atoms with van der Waals surface area (Å²) in [6.07, 6.45) is 3.04. The number of rotatable bonds is 8. The zero-order chi connectivity index (χ0) is 24.3. The summed E-state index contributed by atoms with van der Waals surface area (Å²) in [5, 5.41) is 4.12. The van der Waals surface area contributed by atoms with Crippen LogP contribution in [0.15, 0.2) is 48.8 Å². The molecule has 10 heteroatoms. The molecule has 0 radical (unpaired) electrons. The summed E-state index contributed by atoms with van der Waals surface area (Å²) in [4.78, 5) is 32.5. The number of halogens is 2. The fourth-order valence-corrected chi connectivity index (χ4v) is 3.55. The molecule has 33 heavy (non-hydrogen) atoms. The topological polar surface area (TPSA) is 96.8 Å². The van der Waals surface area contributed by atoms with Crippen molar-refractivity contribution in [2.75, 3.05) is 27.7 Å². The third kappa shape index (κ3) is 5.33. The van der Waals surface area contributed by atoms with Crippen LogP contribution >= 0.6 is 0 Å². The van der Waals surface area contributed by atoms with Gasteiger partial charge >= 0.3 is 0 Å². The summed E-state index contributed by atoms with van der Waals surface area (Å²) in [5.41, 5.74) is 8.91. The maximum absolute atomic E-state index is 13.8. The lowest BCUT2D eigenvalue weighted by Crippen LogP contribution is -2.51. The number of alkyl halides is 2. The minimum Gasteiger partial charge on any atom is -0.348 e. The minimum absolute atomic E-state index is 0.391. The minimum atomic E-state index is -3.03. The van der Waals surface area contributed by atoms with Crippen LogP contribution < -0.4 is 5.73 Å². The first kappa shape index (κ1) is 24.2. The second-order valence-electron chi connectivity index (χ2n) is 8.21. The Balaban J connectivity index is 1.88. The van der Waals surface area contributed by atoms with Crippen molar-refractivity contribution < 1.29 is 18.4 Å². The maximum Gasteiger partial charge on any atom is 0.265 e. The molecular weight excluding hydrogens is 430 g/mol. The van der Waals surface area contributed by atoms with Crippen molar-refractivity contribution in [3.63, 3.8) is 0 Å². The van der Waals surface area contributed by atoms with Crippen LogP contribution in [0.25, 0.3) is 16.9 Å². The average molecular weight is 459 g/mol. The first-order chi connectivity index (χ1) is 15.5. The SMILES string of the molecule is CCC(F)(F)CN(C)C(=O)C(N)C(C(=O)N(C)C)c1ccc(-c2ccn3nccc3n2)cc1. The lowest BCUT2D eigenvalue weighted by molar-refractivity contribution is -0.141. The molecule has 0 aliphatic rings. The number of aromatic nitrogens is 3. The number of hydrogen-bond acceptors (Lipinski definition) is 5. The van der Waals surface area contributed by atoms with Crippen molar-refractivity contribution in [3.05, 3.63) is 54.4 Å². The van der Waals surface area contributed by atoms with Crippen LogP contribution in [-0.2, 0) is 9.59 Å². The number of carbonyl (C=O) groups is 2. The first-order valence-electron chi connectivity index (χ1n) is 10.5. The Hall–Kier alpha value is -3.40. The van der Waals surface area contributed by atoms with Crippen LogP contribution in [-0.4, -0.2) is 75.9 Å². The van der Waals surface area contributed by atoms with Gasteiger partial charge < -0.3 is 15.5 Å². The Morgan fingerprint density at radius 1 is 1.09 bits per heavy atom. The fourth-order valence-electron chi connectivity index (χ4n) is 3.55. The Morgan fingerprint density at radius 2 is 1.76 bits per heavy atom. The van der Waals surface area contributed by atoms with E-state index < -0.39 is 42.7 Å². The zero-order valence-corrected chi connectivity index (χ0v) is 19.1. The molecule has 2 amide bonds. The zero-order valence-electron chi connectivity index (χ0n) is 19.1. The molecule has 3 aromatic rings. The molecule has 8 nitrogen and oxygen atoms in total. The van der Waals surface area contributed by atoms with Crippen LogP contribution in [0.3, 0.4) is 0 Å². The van der Waals surface area contributed by atoms with Crippen LogP contribution in [0.2, 0.25) is 0 Å². The molecule has 0 saturated carbocycles. The highest BCUT2D eigenvalue weighted by atomic mass is 19.3. The van der Waals surface area contributed by atoms with Gasteiger partial charge in [0, 0.05) is 45.4 Å². The van der Waals surface area contributed by atoms with Gasteiger partial charge in [-0.1, -0.05) is 31.2 Å². The van der Waals surface area contributed by atoms with E-state index in [0.29, 0.717) is 16.9 Å². The third-order valence-electron chi connectivity index (χ3n) is 5.54. The van der Waals surface area contributed by atoms with E-state index in [9.17, 15) is 18.4 Å². The van der Waals surface area contributed by atoms with Crippen molar-refractivity contribution in [2.45, 2.75) is 31.2 Å². The van der Waals surface area contributed by atoms with Crippen LogP contribution in [0, 0.1) is 0 Å². The summed E-state index contributed by atoms with van der Waals surface area (Å²) < 4.78 is 29.2. The summed E-state index contributed by atoms with van der Waals surface area (Å²) in [5.74, 6) is -5.17. The highest BCUT2D eigenvalue weighted by Crippen LogP contribution is 2.27. The number of hydrogen-bond donors (Lipinski definition) is 1. The second kappa shape index (κ2) is 9.62. The van der Waals surface area contributed by atoms with E-state index in [2.05, 4.69) is 10.1 Å². The molecule has 2 heterocycles. The number of fused-ring (bicyclic) bond motifs is 1. The molecule has 0 saturated heterocycles. The van der Waals surface area contributed by atoms with E-state index in [0.717, 1.165) is 10.5 Å². The lowest BCUT2D eigenvalue weighted by atomic mass is 9.89. The van der Waals surface area contributed by atoms with Gasteiger partial charge in [0.1, 0.15) is 6.04 Å². The Morgan fingerprint density at radius 3 is 2.36 bits per heavy atom.